The lowest BCUT2D eigenvalue weighted by atomic mass is 10.1. The number of benzene rings is 3. The molecular formula is C23H17ClF3NS. The van der Waals surface area contributed by atoms with Gasteiger partial charge in [0, 0.05) is 39.3 Å². The number of fused-ring (bicyclic) bond motifs is 1. The van der Waals surface area contributed by atoms with Crippen LogP contribution in [0.2, 0.25) is 5.02 Å². The van der Waals surface area contributed by atoms with E-state index in [2.05, 4.69) is 22.9 Å². The van der Waals surface area contributed by atoms with Gasteiger partial charge in [-0.1, -0.05) is 54.1 Å². The third-order valence-electron chi connectivity index (χ3n) is 4.69. The zero-order chi connectivity index (χ0) is 20.4. The predicted molar refractivity (Wildman–Crippen MR) is 113 cm³/mol. The number of para-hydroxylation sites is 1. The van der Waals surface area contributed by atoms with Crippen molar-refractivity contribution in [3.63, 3.8) is 0 Å². The first-order valence-corrected chi connectivity index (χ1v) is 10.4. The summed E-state index contributed by atoms with van der Waals surface area (Å²) in [6.45, 7) is 0.721. The number of hydrogen-bond acceptors (Lipinski definition) is 1. The molecule has 0 spiro atoms. The van der Waals surface area contributed by atoms with Crippen molar-refractivity contribution in [3.8, 4) is 0 Å². The molecular weight excluding hydrogens is 415 g/mol. The summed E-state index contributed by atoms with van der Waals surface area (Å²) in [5.41, 5.74) is 2.51. The summed E-state index contributed by atoms with van der Waals surface area (Å²) < 4.78 is 40.4. The Morgan fingerprint density at radius 2 is 1.48 bits per heavy atom. The lowest BCUT2D eigenvalue weighted by Crippen LogP contribution is -2.04. The number of alkyl halides is 3. The van der Waals surface area contributed by atoms with Crippen LogP contribution in [-0.2, 0) is 18.5 Å². The van der Waals surface area contributed by atoms with Crippen LogP contribution in [0.25, 0.3) is 10.9 Å². The van der Waals surface area contributed by atoms with E-state index in [1.807, 2.05) is 36.4 Å². The Morgan fingerprint density at radius 3 is 2.17 bits per heavy atom. The number of halogens is 4. The molecule has 1 heterocycles. The van der Waals surface area contributed by atoms with Crippen molar-refractivity contribution in [2.45, 2.75) is 23.4 Å². The molecule has 0 fully saturated rings. The van der Waals surface area contributed by atoms with Gasteiger partial charge in [-0.25, -0.2) is 0 Å². The summed E-state index contributed by atoms with van der Waals surface area (Å²) >= 11 is 7.60. The van der Waals surface area contributed by atoms with Gasteiger partial charge in [-0.2, -0.15) is 13.2 Å². The quantitative estimate of drug-likeness (QED) is 0.294. The van der Waals surface area contributed by atoms with E-state index in [-0.39, 0.29) is 0 Å². The average molecular weight is 432 g/mol. The van der Waals surface area contributed by atoms with Crippen LogP contribution in [0.5, 0.6) is 0 Å². The minimum absolute atomic E-state index is 0.604. The summed E-state index contributed by atoms with van der Waals surface area (Å²) in [5.74, 6) is 0.604. The highest BCUT2D eigenvalue weighted by molar-refractivity contribution is 7.98. The molecule has 148 valence electrons. The Hall–Kier alpha value is -2.37. The van der Waals surface area contributed by atoms with E-state index in [9.17, 15) is 13.2 Å². The molecule has 3 aromatic carbocycles. The number of hydrogen-bond donors (Lipinski definition) is 0. The smallest absolute Gasteiger partial charge is 0.342 e. The van der Waals surface area contributed by atoms with Crippen molar-refractivity contribution in [3.05, 3.63) is 101 Å². The maximum atomic E-state index is 12.7. The summed E-state index contributed by atoms with van der Waals surface area (Å²) in [6.07, 6.45) is -2.20. The standard InChI is InChI=1S/C23H17ClF3NS/c24-19-11-7-16(8-12-19)13-28-14-22(20-3-1-2-4-21(20)28)29-15-17-5-9-18(10-6-17)23(25,26)27/h1-12,14H,13,15H2. The highest BCUT2D eigenvalue weighted by Crippen LogP contribution is 2.34. The van der Waals surface area contributed by atoms with Crippen LogP contribution in [-0.4, -0.2) is 4.57 Å². The van der Waals surface area contributed by atoms with Crippen LogP contribution in [0.3, 0.4) is 0 Å². The Bertz CT molecular complexity index is 1120. The van der Waals surface area contributed by atoms with Crippen LogP contribution < -0.4 is 0 Å². The van der Waals surface area contributed by atoms with Gasteiger partial charge in [0.15, 0.2) is 0 Å². The highest BCUT2D eigenvalue weighted by Gasteiger charge is 2.29. The topological polar surface area (TPSA) is 4.93 Å². The fraction of sp³-hybridized carbons (Fsp3) is 0.130. The van der Waals surface area contributed by atoms with Gasteiger partial charge in [0.05, 0.1) is 5.56 Å². The second kappa shape index (κ2) is 8.17. The third kappa shape index (κ3) is 4.62. The van der Waals surface area contributed by atoms with Gasteiger partial charge in [-0.3, -0.25) is 0 Å². The monoisotopic (exact) mass is 431 g/mol. The summed E-state index contributed by atoms with van der Waals surface area (Å²) in [7, 11) is 0. The summed E-state index contributed by atoms with van der Waals surface area (Å²) in [6, 6.07) is 21.3. The van der Waals surface area contributed by atoms with Crippen LogP contribution >= 0.6 is 23.4 Å². The molecule has 29 heavy (non-hydrogen) atoms. The Labute approximate surface area is 176 Å². The first-order valence-electron chi connectivity index (χ1n) is 9.01. The predicted octanol–water partition coefficient (Wildman–Crippen LogP) is 7.65. The highest BCUT2D eigenvalue weighted by atomic mass is 35.5. The molecule has 0 saturated carbocycles. The van der Waals surface area contributed by atoms with E-state index in [0.717, 1.165) is 45.6 Å². The lowest BCUT2D eigenvalue weighted by Gasteiger charge is -2.07. The molecule has 0 aliphatic heterocycles. The Balaban J connectivity index is 1.55. The van der Waals surface area contributed by atoms with Gasteiger partial charge in [0.2, 0.25) is 0 Å². The normalized spacial score (nSPS) is 11.9. The lowest BCUT2D eigenvalue weighted by molar-refractivity contribution is -0.137. The zero-order valence-corrected chi connectivity index (χ0v) is 16.9. The van der Waals surface area contributed by atoms with E-state index >= 15 is 0 Å². The second-order valence-corrected chi connectivity index (χ2v) is 8.20. The van der Waals surface area contributed by atoms with Gasteiger partial charge < -0.3 is 4.57 Å². The molecule has 1 nitrogen and oxygen atoms in total. The fourth-order valence-corrected chi connectivity index (χ4v) is 4.37. The Morgan fingerprint density at radius 1 is 0.828 bits per heavy atom. The maximum absolute atomic E-state index is 12.7. The van der Waals surface area contributed by atoms with Gasteiger partial charge in [-0.15, -0.1) is 11.8 Å². The van der Waals surface area contributed by atoms with Crippen molar-refractivity contribution < 1.29 is 13.2 Å². The third-order valence-corrected chi connectivity index (χ3v) is 6.06. The first-order chi connectivity index (χ1) is 13.9. The maximum Gasteiger partial charge on any atom is 0.416 e. The van der Waals surface area contributed by atoms with Gasteiger partial charge in [-0.05, 0) is 41.5 Å². The summed E-state index contributed by atoms with van der Waals surface area (Å²) in [5, 5.41) is 1.84. The minimum atomic E-state index is -4.30. The van der Waals surface area contributed by atoms with E-state index in [1.54, 1.807) is 23.9 Å². The molecule has 4 rings (SSSR count). The molecule has 0 radical (unpaired) electrons. The van der Waals surface area contributed by atoms with E-state index in [0.29, 0.717) is 10.8 Å². The van der Waals surface area contributed by atoms with Gasteiger partial charge in [0.1, 0.15) is 0 Å². The SMILES string of the molecule is FC(F)(F)c1ccc(CSc2cn(Cc3ccc(Cl)cc3)c3ccccc23)cc1. The second-order valence-electron chi connectivity index (χ2n) is 6.75. The molecule has 6 heteroatoms. The number of aromatic nitrogens is 1. The molecule has 0 bridgehead atoms. The molecule has 0 saturated heterocycles. The Kier molecular flexibility index (Phi) is 5.61. The van der Waals surface area contributed by atoms with Gasteiger partial charge in [0.25, 0.3) is 0 Å². The number of nitrogens with zero attached hydrogens (tertiary/aromatic N) is 1. The van der Waals surface area contributed by atoms with Crippen molar-refractivity contribution in [2.75, 3.05) is 0 Å². The minimum Gasteiger partial charge on any atom is -0.342 e. The van der Waals surface area contributed by atoms with E-state index in [1.165, 1.54) is 0 Å². The molecule has 4 aromatic rings. The van der Waals surface area contributed by atoms with Crippen molar-refractivity contribution in [2.24, 2.45) is 0 Å². The molecule has 0 atom stereocenters. The molecule has 0 unspecified atom stereocenters. The zero-order valence-electron chi connectivity index (χ0n) is 15.3. The van der Waals surface area contributed by atoms with Crippen LogP contribution in [0.4, 0.5) is 13.2 Å². The van der Waals surface area contributed by atoms with Crippen molar-refractivity contribution >= 4 is 34.3 Å². The molecule has 1 aromatic heterocycles. The number of thioether (sulfide) groups is 1. The van der Waals surface area contributed by atoms with E-state index in [4.69, 9.17) is 11.6 Å². The molecule has 0 N–H and O–H groups in total. The molecule has 0 amide bonds. The van der Waals surface area contributed by atoms with E-state index < -0.39 is 11.7 Å². The number of rotatable bonds is 5. The van der Waals surface area contributed by atoms with Crippen LogP contribution in [0.15, 0.2) is 83.9 Å². The van der Waals surface area contributed by atoms with Gasteiger partial charge >= 0.3 is 6.18 Å². The molecule has 0 aliphatic rings. The van der Waals surface area contributed by atoms with Crippen molar-refractivity contribution in [1.29, 1.82) is 0 Å². The first kappa shape index (κ1) is 19.9. The fourth-order valence-electron chi connectivity index (χ4n) is 3.20. The van der Waals surface area contributed by atoms with Crippen LogP contribution in [0, 0.1) is 0 Å². The largest absolute Gasteiger partial charge is 0.416 e. The van der Waals surface area contributed by atoms with Crippen molar-refractivity contribution in [1.82, 2.24) is 4.57 Å². The average Bonchev–Trinajstić information content (AvgIpc) is 3.05. The summed E-state index contributed by atoms with van der Waals surface area (Å²) in [4.78, 5) is 1.11. The molecule has 0 aliphatic carbocycles. The van der Waals surface area contributed by atoms with Crippen LogP contribution in [0.1, 0.15) is 16.7 Å².